The Morgan fingerprint density at radius 2 is 0.468 bits per heavy atom. The minimum Gasteiger partial charge on any atom is -0.462 e. The molecule has 0 spiro atoms. The van der Waals surface area contributed by atoms with Crippen LogP contribution in [-0.2, 0) is 28.6 Å². The first-order valence-corrected chi connectivity index (χ1v) is 33.8. The van der Waals surface area contributed by atoms with Gasteiger partial charge >= 0.3 is 17.9 Å². The van der Waals surface area contributed by atoms with Crippen molar-refractivity contribution in [1.82, 2.24) is 0 Å². The van der Waals surface area contributed by atoms with Gasteiger partial charge in [0.05, 0.1) is 0 Å². The summed E-state index contributed by atoms with van der Waals surface area (Å²) in [5.74, 6) is -0.883. The molecule has 1 unspecified atom stereocenters. The molecule has 0 aromatic rings. The number of hydrogen-bond acceptors (Lipinski definition) is 6. The maximum atomic E-state index is 12.9. The van der Waals surface area contributed by atoms with E-state index in [2.05, 4.69) is 81.5 Å². The summed E-state index contributed by atoms with van der Waals surface area (Å²) in [5.41, 5.74) is 0. The molecule has 0 bridgehead atoms. The minimum absolute atomic E-state index is 0.0800. The van der Waals surface area contributed by atoms with E-state index in [1.165, 1.54) is 225 Å². The molecule has 0 N–H and O–H groups in total. The largest absolute Gasteiger partial charge is 0.462 e. The molecule has 0 amide bonds. The van der Waals surface area contributed by atoms with Crippen molar-refractivity contribution in [3.63, 3.8) is 0 Å². The Morgan fingerprint density at radius 3 is 0.766 bits per heavy atom. The molecule has 0 aromatic carbocycles. The average Bonchev–Trinajstić information content (AvgIpc) is 3.43. The third kappa shape index (κ3) is 63.8. The van der Waals surface area contributed by atoms with Crippen LogP contribution in [0.3, 0.4) is 0 Å². The molecule has 77 heavy (non-hydrogen) atoms. The molecule has 0 heterocycles. The first-order chi connectivity index (χ1) is 38.0. The molecule has 0 radical (unpaired) electrons. The Hall–Kier alpha value is -2.89. The molecule has 6 heteroatoms. The number of allylic oxidation sites excluding steroid dienone is 10. The van der Waals surface area contributed by atoms with E-state index in [0.29, 0.717) is 19.3 Å². The van der Waals surface area contributed by atoms with Crippen molar-refractivity contribution in [2.75, 3.05) is 13.2 Å². The molecule has 0 aromatic heterocycles. The molecule has 0 aliphatic rings. The molecule has 0 fully saturated rings. The highest BCUT2D eigenvalue weighted by Gasteiger charge is 2.19. The lowest BCUT2D eigenvalue weighted by molar-refractivity contribution is -0.167. The monoisotopic (exact) mass is 1080 g/mol. The summed E-state index contributed by atoms with van der Waals surface area (Å²) in [6, 6.07) is 0. The second-order valence-electron chi connectivity index (χ2n) is 22.7. The zero-order valence-electron chi connectivity index (χ0n) is 51.5. The number of carbonyl (C=O) groups is 3. The predicted molar refractivity (Wildman–Crippen MR) is 335 cm³/mol. The Bertz CT molecular complexity index is 1380. The zero-order valence-corrected chi connectivity index (χ0v) is 51.5. The first-order valence-electron chi connectivity index (χ1n) is 33.8. The SMILES string of the molecule is CCCCC/C=C\C/C=C\C/C=C\CCCCCCCCC(=O)OC(COC(=O)CCCCCCC/C=C\CCCCCCCC)COC(=O)CCCCCCCCCCCCCCC/C=C\CCCCCCCCCC. The van der Waals surface area contributed by atoms with Crippen molar-refractivity contribution in [3.8, 4) is 0 Å². The Morgan fingerprint density at radius 1 is 0.260 bits per heavy atom. The Labute approximate surface area is 479 Å². The second kappa shape index (κ2) is 65.6. The third-order valence-corrected chi connectivity index (χ3v) is 15.0. The molecule has 0 rings (SSSR count). The van der Waals surface area contributed by atoms with E-state index in [1.807, 2.05) is 0 Å². The van der Waals surface area contributed by atoms with Gasteiger partial charge in [0, 0.05) is 19.3 Å². The lowest BCUT2D eigenvalue weighted by Gasteiger charge is -2.18. The minimum atomic E-state index is -0.785. The van der Waals surface area contributed by atoms with Crippen LogP contribution < -0.4 is 0 Å². The Kier molecular flexibility index (Phi) is 63.2. The van der Waals surface area contributed by atoms with Crippen molar-refractivity contribution >= 4 is 17.9 Å². The quantitative estimate of drug-likeness (QED) is 0.0261. The summed E-state index contributed by atoms with van der Waals surface area (Å²) in [4.78, 5) is 38.4. The van der Waals surface area contributed by atoms with Gasteiger partial charge in [0.25, 0.3) is 0 Å². The van der Waals surface area contributed by atoms with Crippen LogP contribution in [0.15, 0.2) is 60.8 Å². The molecule has 0 saturated carbocycles. The van der Waals surface area contributed by atoms with Crippen LogP contribution in [0.4, 0.5) is 0 Å². The van der Waals surface area contributed by atoms with E-state index in [4.69, 9.17) is 14.2 Å². The smallest absolute Gasteiger partial charge is 0.306 e. The fourth-order valence-electron chi connectivity index (χ4n) is 9.85. The van der Waals surface area contributed by atoms with Crippen LogP contribution >= 0.6 is 0 Å². The summed E-state index contributed by atoms with van der Waals surface area (Å²) in [7, 11) is 0. The van der Waals surface area contributed by atoms with E-state index < -0.39 is 6.10 Å². The molecule has 1 atom stereocenters. The topological polar surface area (TPSA) is 78.9 Å². The van der Waals surface area contributed by atoms with E-state index in [0.717, 1.165) is 89.9 Å². The van der Waals surface area contributed by atoms with E-state index in [9.17, 15) is 14.4 Å². The van der Waals surface area contributed by atoms with E-state index in [-0.39, 0.29) is 31.1 Å². The predicted octanol–water partition coefficient (Wildman–Crippen LogP) is 23.1. The maximum absolute atomic E-state index is 12.9. The summed E-state index contributed by atoms with van der Waals surface area (Å²) < 4.78 is 17.0. The number of rotatable bonds is 62. The number of carbonyl (C=O) groups excluding carboxylic acids is 3. The van der Waals surface area contributed by atoms with Crippen molar-refractivity contribution in [2.45, 2.75) is 361 Å². The van der Waals surface area contributed by atoms with Gasteiger partial charge in [-0.2, -0.15) is 0 Å². The van der Waals surface area contributed by atoms with Gasteiger partial charge in [0.2, 0.25) is 0 Å². The van der Waals surface area contributed by atoms with Crippen molar-refractivity contribution in [3.05, 3.63) is 60.8 Å². The van der Waals surface area contributed by atoms with Crippen molar-refractivity contribution in [1.29, 1.82) is 0 Å². The second-order valence-corrected chi connectivity index (χ2v) is 22.7. The van der Waals surface area contributed by atoms with Crippen LogP contribution in [0.2, 0.25) is 0 Å². The Balaban J connectivity index is 4.32. The van der Waals surface area contributed by atoms with Gasteiger partial charge in [-0.15, -0.1) is 0 Å². The summed E-state index contributed by atoms with van der Waals surface area (Å²) in [5, 5.41) is 0. The van der Waals surface area contributed by atoms with E-state index >= 15 is 0 Å². The van der Waals surface area contributed by atoms with Gasteiger partial charge in [-0.25, -0.2) is 0 Å². The zero-order chi connectivity index (χ0) is 55.7. The third-order valence-electron chi connectivity index (χ3n) is 15.0. The van der Waals surface area contributed by atoms with Crippen LogP contribution in [-0.4, -0.2) is 37.2 Å². The first kappa shape index (κ1) is 74.1. The van der Waals surface area contributed by atoms with Crippen LogP contribution in [0.25, 0.3) is 0 Å². The number of esters is 3. The highest BCUT2D eigenvalue weighted by atomic mass is 16.6. The fraction of sp³-hybridized carbons (Fsp3) is 0.817. The maximum Gasteiger partial charge on any atom is 0.306 e. The number of ether oxygens (including phenoxy) is 3. The lowest BCUT2D eigenvalue weighted by Crippen LogP contribution is -2.30. The lowest BCUT2D eigenvalue weighted by atomic mass is 10.0. The molecular weight excluding hydrogens is 949 g/mol. The average molecular weight is 1080 g/mol. The van der Waals surface area contributed by atoms with Gasteiger partial charge in [0.15, 0.2) is 6.10 Å². The highest BCUT2D eigenvalue weighted by molar-refractivity contribution is 5.71. The molecule has 0 aliphatic carbocycles. The van der Waals surface area contributed by atoms with Crippen molar-refractivity contribution < 1.29 is 28.6 Å². The van der Waals surface area contributed by atoms with Crippen molar-refractivity contribution in [2.24, 2.45) is 0 Å². The highest BCUT2D eigenvalue weighted by Crippen LogP contribution is 2.17. The van der Waals surface area contributed by atoms with Gasteiger partial charge < -0.3 is 14.2 Å². The summed E-state index contributed by atoms with van der Waals surface area (Å²) >= 11 is 0. The van der Waals surface area contributed by atoms with E-state index in [1.54, 1.807) is 0 Å². The fourth-order valence-corrected chi connectivity index (χ4v) is 9.85. The molecule has 0 saturated heterocycles. The number of hydrogen-bond donors (Lipinski definition) is 0. The van der Waals surface area contributed by atoms with Gasteiger partial charge in [-0.1, -0.05) is 287 Å². The van der Waals surface area contributed by atoms with Gasteiger partial charge in [0.1, 0.15) is 13.2 Å². The molecule has 0 aliphatic heterocycles. The van der Waals surface area contributed by atoms with Crippen LogP contribution in [0.1, 0.15) is 355 Å². The summed E-state index contributed by atoms with van der Waals surface area (Å²) in [6.45, 7) is 6.64. The molecule has 6 nitrogen and oxygen atoms in total. The van der Waals surface area contributed by atoms with Crippen LogP contribution in [0.5, 0.6) is 0 Å². The summed E-state index contributed by atoms with van der Waals surface area (Å²) in [6.07, 6.45) is 83.8. The van der Waals surface area contributed by atoms with Gasteiger partial charge in [-0.05, 0) is 109 Å². The normalized spacial score (nSPS) is 12.4. The standard InChI is InChI=1S/C71H128O6/c1-4-7-10-13-16-19-22-25-28-30-32-33-34-35-36-37-39-40-43-46-49-52-55-58-61-64-70(73)76-67-68(66-75-69(72)63-60-57-54-51-48-45-42-27-24-21-18-15-12-9-6-3)77-71(74)65-62-59-56-53-50-47-44-41-38-31-29-26-23-20-17-14-11-8-5-2/h17,20,26-27,29-30,32,38,41-42,68H,4-16,18-19,21-25,28,31,33-37,39-40,43-67H2,1-3H3/b20-17-,29-26-,32-30-,41-38-,42-27-. The van der Waals surface area contributed by atoms with Crippen LogP contribution in [0, 0.1) is 0 Å². The van der Waals surface area contributed by atoms with Gasteiger partial charge in [-0.3, -0.25) is 14.4 Å². The molecular formula is C71H128O6. The number of unbranched alkanes of at least 4 members (excludes halogenated alkanes) is 41. The molecule has 448 valence electrons.